The molecule has 0 radical (unpaired) electrons. The molecule has 0 aromatic rings. The van der Waals surface area contributed by atoms with Crippen LogP contribution in [-0.4, -0.2) is 35.7 Å². The Morgan fingerprint density at radius 2 is 1.54 bits per heavy atom. The van der Waals surface area contributed by atoms with Crippen LogP contribution in [0.5, 0.6) is 0 Å². The van der Waals surface area contributed by atoms with Crippen LogP contribution in [0, 0.1) is 5.92 Å². The molecule has 35 heavy (non-hydrogen) atoms. The number of rotatable bonds is 23. The van der Waals surface area contributed by atoms with E-state index < -0.39 is 6.04 Å². The van der Waals surface area contributed by atoms with Crippen LogP contribution in [0.2, 0.25) is 0 Å². The predicted molar refractivity (Wildman–Crippen MR) is 142 cm³/mol. The molecule has 1 rings (SSSR count). The van der Waals surface area contributed by atoms with Gasteiger partial charge in [0, 0.05) is 6.42 Å². The van der Waals surface area contributed by atoms with E-state index in [9.17, 15) is 14.7 Å². The number of amides is 1. The zero-order valence-corrected chi connectivity index (χ0v) is 23.0. The molecule has 0 fully saturated rings. The second-order valence-corrected chi connectivity index (χ2v) is 10.6. The number of nitrogens with one attached hydrogen (secondary N) is 1. The van der Waals surface area contributed by atoms with Crippen molar-refractivity contribution in [1.82, 2.24) is 5.32 Å². The van der Waals surface area contributed by atoms with Gasteiger partial charge in [-0.25, -0.2) is 4.79 Å². The van der Waals surface area contributed by atoms with Gasteiger partial charge >= 0.3 is 5.97 Å². The van der Waals surface area contributed by atoms with Crippen molar-refractivity contribution in [2.24, 2.45) is 5.92 Å². The number of aliphatic hydroxyl groups excluding tert-OH is 1. The number of hydrogen-bond donors (Lipinski definition) is 2. The normalized spacial score (nSPS) is 17.0. The molecule has 1 aliphatic rings. The smallest absolute Gasteiger partial charge is 0.328 e. The first-order valence-electron chi connectivity index (χ1n) is 14.4. The highest BCUT2D eigenvalue weighted by Crippen LogP contribution is 2.34. The first-order valence-corrected chi connectivity index (χ1v) is 14.4. The maximum absolute atomic E-state index is 12.9. The summed E-state index contributed by atoms with van der Waals surface area (Å²) < 4.78 is 11.5. The molecule has 0 aromatic carbocycles. The molecule has 0 spiro atoms. The van der Waals surface area contributed by atoms with Crippen LogP contribution in [0.15, 0.2) is 11.5 Å². The van der Waals surface area contributed by atoms with Crippen molar-refractivity contribution in [2.75, 3.05) is 0 Å². The van der Waals surface area contributed by atoms with Crippen molar-refractivity contribution < 1.29 is 24.2 Å². The van der Waals surface area contributed by atoms with Gasteiger partial charge in [0.15, 0.2) is 0 Å². The first-order chi connectivity index (χ1) is 16.9. The van der Waals surface area contributed by atoms with Gasteiger partial charge in [0.05, 0.1) is 5.57 Å². The summed E-state index contributed by atoms with van der Waals surface area (Å²) in [7, 11) is 0. The average Bonchev–Trinajstić information content (AvgIpc) is 2.81. The highest BCUT2D eigenvalue weighted by molar-refractivity contribution is 5.78. The molecule has 1 heterocycles. The molecule has 0 saturated carbocycles. The van der Waals surface area contributed by atoms with E-state index >= 15 is 0 Å². The standard InChI is InChI=1S/C29H53NO5/c1-5-7-9-11-12-13-14-15-16-18-24(34-29(33)26(30-22-31)20-23(3)4)21-27-25(28(32)35-27)19-17-10-8-6-2/h22-24,26-27,32H,5-21H2,1-4H3,(H,30,31). The van der Waals surface area contributed by atoms with Crippen molar-refractivity contribution in [3.8, 4) is 0 Å². The summed E-state index contributed by atoms with van der Waals surface area (Å²) in [6.45, 7) is 8.47. The van der Waals surface area contributed by atoms with E-state index in [4.69, 9.17) is 9.47 Å². The molecule has 204 valence electrons. The van der Waals surface area contributed by atoms with Gasteiger partial charge in [-0.05, 0) is 38.0 Å². The van der Waals surface area contributed by atoms with Crippen LogP contribution < -0.4 is 5.32 Å². The Labute approximate surface area is 214 Å². The Kier molecular flexibility index (Phi) is 17.4. The minimum atomic E-state index is -0.627. The Morgan fingerprint density at radius 1 is 0.971 bits per heavy atom. The molecule has 2 N–H and O–H groups in total. The molecule has 0 saturated heterocycles. The zero-order chi connectivity index (χ0) is 25.9. The summed E-state index contributed by atoms with van der Waals surface area (Å²) in [5, 5.41) is 12.7. The molecule has 3 unspecified atom stereocenters. The summed E-state index contributed by atoms with van der Waals surface area (Å²) in [4.78, 5) is 23.9. The van der Waals surface area contributed by atoms with Gasteiger partial charge in [-0.3, -0.25) is 4.79 Å². The third-order valence-corrected chi connectivity index (χ3v) is 6.87. The van der Waals surface area contributed by atoms with Gasteiger partial charge in [-0.1, -0.05) is 98.3 Å². The van der Waals surface area contributed by atoms with E-state index in [2.05, 4.69) is 19.2 Å². The highest BCUT2D eigenvalue weighted by Gasteiger charge is 2.35. The SMILES string of the molecule is CCCCCCCCCCCC(CC1OC(O)=C1CCCCCC)OC(=O)C(CC(C)C)NC=O. The van der Waals surface area contributed by atoms with Crippen molar-refractivity contribution in [3.63, 3.8) is 0 Å². The van der Waals surface area contributed by atoms with E-state index in [1.54, 1.807) is 0 Å². The lowest BCUT2D eigenvalue weighted by molar-refractivity contribution is -0.155. The lowest BCUT2D eigenvalue weighted by Crippen LogP contribution is -2.41. The van der Waals surface area contributed by atoms with E-state index in [0.29, 0.717) is 19.3 Å². The van der Waals surface area contributed by atoms with Gasteiger partial charge in [0.2, 0.25) is 6.41 Å². The predicted octanol–water partition coefficient (Wildman–Crippen LogP) is 7.51. The number of aliphatic hydroxyl groups is 1. The quantitative estimate of drug-likeness (QED) is 0.0870. The van der Waals surface area contributed by atoms with Crippen LogP contribution in [0.25, 0.3) is 0 Å². The summed E-state index contributed by atoms with van der Waals surface area (Å²) >= 11 is 0. The maximum atomic E-state index is 12.9. The third kappa shape index (κ3) is 13.8. The first kappa shape index (κ1) is 31.3. The minimum Gasteiger partial charge on any atom is -0.481 e. The molecule has 6 nitrogen and oxygen atoms in total. The fourth-order valence-corrected chi connectivity index (χ4v) is 4.74. The summed E-state index contributed by atoms with van der Waals surface area (Å²) in [6, 6.07) is -0.627. The van der Waals surface area contributed by atoms with Gasteiger partial charge in [-0.2, -0.15) is 0 Å². The van der Waals surface area contributed by atoms with Crippen LogP contribution in [0.4, 0.5) is 0 Å². The number of ether oxygens (including phenoxy) is 2. The van der Waals surface area contributed by atoms with Gasteiger partial charge in [-0.15, -0.1) is 0 Å². The molecular weight excluding hydrogens is 442 g/mol. The van der Waals surface area contributed by atoms with Crippen LogP contribution in [-0.2, 0) is 19.1 Å². The minimum absolute atomic E-state index is 0.0555. The lowest BCUT2D eigenvalue weighted by atomic mass is 9.93. The van der Waals surface area contributed by atoms with Gasteiger partial charge in [0.1, 0.15) is 18.2 Å². The fraction of sp³-hybridized carbons (Fsp3) is 0.862. The fourth-order valence-electron chi connectivity index (χ4n) is 4.74. The van der Waals surface area contributed by atoms with Gasteiger partial charge < -0.3 is 19.9 Å². The number of unbranched alkanes of at least 4 members (excludes halogenated alkanes) is 11. The molecule has 1 aliphatic heterocycles. The second-order valence-electron chi connectivity index (χ2n) is 10.6. The molecule has 0 aliphatic carbocycles. The maximum Gasteiger partial charge on any atom is 0.328 e. The van der Waals surface area contributed by atoms with E-state index in [-0.39, 0.29) is 30.0 Å². The number of carbonyl (C=O) groups excluding carboxylic acids is 2. The Balaban J connectivity index is 2.59. The van der Waals surface area contributed by atoms with E-state index in [0.717, 1.165) is 44.1 Å². The Hall–Kier alpha value is -1.72. The Bertz CT molecular complexity index is 604. The van der Waals surface area contributed by atoms with Crippen molar-refractivity contribution >= 4 is 12.4 Å². The topological polar surface area (TPSA) is 84.9 Å². The molecule has 0 bridgehead atoms. The van der Waals surface area contributed by atoms with Crippen LogP contribution in [0.1, 0.15) is 137 Å². The number of hydrogen-bond acceptors (Lipinski definition) is 5. The van der Waals surface area contributed by atoms with Crippen LogP contribution >= 0.6 is 0 Å². The van der Waals surface area contributed by atoms with E-state index in [1.807, 2.05) is 13.8 Å². The largest absolute Gasteiger partial charge is 0.481 e. The molecule has 3 atom stereocenters. The monoisotopic (exact) mass is 495 g/mol. The van der Waals surface area contributed by atoms with Crippen molar-refractivity contribution in [2.45, 2.75) is 155 Å². The lowest BCUT2D eigenvalue weighted by Gasteiger charge is -2.33. The summed E-state index contributed by atoms with van der Waals surface area (Å²) in [5.41, 5.74) is 0.957. The highest BCUT2D eigenvalue weighted by atomic mass is 16.6. The third-order valence-electron chi connectivity index (χ3n) is 6.87. The zero-order valence-electron chi connectivity index (χ0n) is 23.0. The summed E-state index contributed by atoms with van der Waals surface area (Å²) in [5.74, 6) is -0.0518. The second kappa shape index (κ2) is 19.5. The van der Waals surface area contributed by atoms with Gasteiger partial charge in [0.25, 0.3) is 5.95 Å². The molecular formula is C29H53NO5. The molecule has 1 amide bonds. The Morgan fingerprint density at radius 3 is 2.09 bits per heavy atom. The molecule has 6 heteroatoms. The average molecular weight is 496 g/mol. The van der Waals surface area contributed by atoms with Crippen molar-refractivity contribution in [3.05, 3.63) is 11.5 Å². The summed E-state index contributed by atoms with van der Waals surface area (Å²) in [6.07, 6.45) is 18.5. The van der Waals surface area contributed by atoms with E-state index in [1.165, 1.54) is 57.8 Å². The van der Waals surface area contributed by atoms with Crippen molar-refractivity contribution in [1.29, 1.82) is 0 Å². The number of carbonyl (C=O) groups is 2. The number of esters is 1. The molecule has 0 aromatic heterocycles. The van der Waals surface area contributed by atoms with Crippen LogP contribution in [0.3, 0.4) is 0 Å².